The Kier molecular flexibility index (Phi) is 1.94. The minimum absolute atomic E-state index is 0.384. The summed E-state index contributed by atoms with van der Waals surface area (Å²) in [6, 6.07) is 0. The van der Waals surface area contributed by atoms with Crippen molar-refractivity contribution in [2.45, 2.75) is 6.92 Å². The lowest BCUT2D eigenvalue weighted by molar-refractivity contribution is 1.17. The molecule has 0 aliphatic rings. The summed E-state index contributed by atoms with van der Waals surface area (Å²) >= 11 is 0. The Balaban J connectivity index is 2.67. The zero-order valence-electron chi connectivity index (χ0n) is 5.63. The first-order valence-corrected chi connectivity index (χ1v) is 2.86. The SMILES string of the molecule is CC(=N)Nc1cncnc1. The van der Waals surface area contributed by atoms with E-state index in [1.54, 1.807) is 19.3 Å². The third-order valence-corrected chi connectivity index (χ3v) is 0.892. The van der Waals surface area contributed by atoms with Gasteiger partial charge in [0.15, 0.2) is 0 Å². The molecule has 10 heavy (non-hydrogen) atoms. The van der Waals surface area contributed by atoms with Gasteiger partial charge in [-0.05, 0) is 6.92 Å². The number of aromatic nitrogens is 2. The summed E-state index contributed by atoms with van der Waals surface area (Å²) in [5.41, 5.74) is 0.745. The molecule has 1 rings (SSSR count). The average molecular weight is 136 g/mol. The van der Waals surface area contributed by atoms with E-state index in [4.69, 9.17) is 5.41 Å². The minimum atomic E-state index is 0.384. The summed E-state index contributed by atoms with van der Waals surface area (Å²) in [4.78, 5) is 7.53. The van der Waals surface area contributed by atoms with Crippen molar-refractivity contribution >= 4 is 11.5 Å². The molecule has 0 saturated heterocycles. The van der Waals surface area contributed by atoms with Crippen molar-refractivity contribution in [3.05, 3.63) is 18.7 Å². The normalized spacial score (nSPS) is 8.90. The monoisotopic (exact) mass is 136 g/mol. The Morgan fingerprint density at radius 1 is 1.50 bits per heavy atom. The van der Waals surface area contributed by atoms with Crippen LogP contribution in [-0.4, -0.2) is 15.8 Å². The molecular weight excluding hydrogens is 128 g/mol. The number of nitrogens with one attached hydrogen (secondary N) is 2. The average Bonchev–Trinajstić information content (AvgIpc) is 1.88. The summed E-state index contributed by atoms with van der Waals surface area (Å²) in [5.74, 6) is 0.384. The van der Waals surface area contributed by atoms with Gasteiger partial charge in [0.05, 0.1) is 23.9 Å². The summed E-state index contributed by atoms with van der Waals surface area (Å²) in [6.45, 7) is 1.66. The minimum Gasteiger partial charge on any atom is -0.342 e. The number of amidine groups is 1. The molecule has 0 amide bonds. The van der Waals surface area contributed by atoms with E-state index in [-0.39, 0.29) is 0 Å². The smallest absolute Gasteiger partial charge is 0.115 e. The molecule has 4 nitrogen and oxygen atoms in total. The van der Waals surface area contributed by atoms with Gasteiger partial charge in [-0.25, -0.2) is 9.97 Å². The molecule has 1 aromatic rings. The highest BCUT2D eigenvalue weighted by Gasteiger charge is 1.88. The van der Waals surface area contributed by atoms with Crippen LogP contribution in [0.2, 0.25) is 0 Å². The van der Waals surface area contributed by atoms with Gasteiger partial charge in [-0.3, -0.25) is 5.41 Å². The second-order valence-corrected chi connectivity index (χ2v) is 1.88. The number of anilines is 1. The first-order chi connectivity index (χ1) is 4.79. The number of rotatable bonds is 1. The van der Waals surface area contributed by atoms with E-state index in [1.807, 2.05) is 0 Å². The summed E-state index contributed by atoms with van der Waals surface area (Å²) in [5, 5.41) is 9.83. The van der Waals surface area contributed by atoms with E-state index in [2.05, 4.69) is 15.3 Å². The van der Waals surface area contributed by atoms with Crippen LogP contribution in [0.5, 0.6) is 0 Å². The number of hydrogen-bond donors (Lipinski definition) is 2. The van der Waals surface area contributed by atoms with Crippen molar-refractivity contribution in [2.75, 3.05) is 5.32 Å². The van der Waals surface area contributed by atoms with Crippen LogP contribution < -0.4 is 5.32 Å². The molecule has 0 bridgehead atoms. The maximum Gasteiger partial charge on any atom is 0.115 e. The zero-order chi connectivity index (χ0) is 7.40. The first-order valence-electron chi connectivity index (χ1n) is 2.86. The van der Waals surface area contributed by atoms with Gasteiger partial charge in [-0.2, -0.15) is 0 Å². The Bertz CT molecular complexity index is 218. The van der Waals surface area contributed by atoms with Gasteiger partial charge in [-0.15, -0.1) is 0 Å². The molecule has 0 saturated carbocycles. The molecule has 0 aliphatic carbocycles. The third-order valence-electron chi connectivity index (χ3n) is 0.892. The van der Waals surface area contributed by atoms with E-state index < -0.39 is 0 Å². The second-order valence-electron chi connectivity index (χ2n) is 1.88. The lowest BCUT2D eigenvalue weighted by atomic mass is 10.5. The molecule has 0 radical (unpaired) electrons. The first kappa shape index (κ1) is 6.67. The maximum atomic E-state index is 7.07. The van der Waals surface area contributed by atoms with E-state index in [0.29, 0.717) is 5.84 Å². The fourth-order valence-corrected chi connectivity index (χ4v) is 0.580. The third kappa shape index (κ3) is 1.81. The summed E-state index contributed by atoms with van der Waals surface area (Å²) in [7, 11) is 0. The topological polar surface area (TPSA) is 61.7 Å². The second kappa shape index (κ2) is 2.91. The highest BCUT2D eigenvalue weighted by Crippen LogP contribution is 1.98. The van der Waals surface area contributed by atoms with E-state index in [9.17, 15) is 0 Å². The van der Waals surface area contributed by atoms with Crippen molar-refractivity contribution in [1.29, 1.82) is 5.41 Å². The van der Waals surface area contributed by atoms with Crippen molar-refractivity contribution < 1.29 is 0 Å². The van der Waals surface area contributed by atoms with Crippen molar-refractivity contribution in [3.8, 4) is 0 Å². The largest absolute Gasteiger partial charge is 0.342 e. The molecule has 1 heterocycles. The Morgan fingerprint density at radius 2 is 2.10 bits per heavy atom. The standard InChI is InChI=1S/C6H8N4/c1-5(7)10-6-2-8-4-9-3-6/h2-4H,1H3,(H2,7,10). The summed E-state index contributed by atoms with van der Waals surface area (Å²) in [6.07, 6.45) is 4.68. The van der Waals surface area contributed by atoms with Crippen molar-refractivity contribution in [1.82, 2.24) is 9.97 Å². The predicted octanol–water partition coefficient (Wildman–Crippen LogP) is 0.886. The molecular formula is C6H8N4. The van der Waals surface area contributed by atoms with Crippen LogP contribution in [0.3, 0.4) is 0 Å². The van der Waals surface area contributed by atoms with Crippen LogP contribution >= 0.6 is 0 Å². The molecule has 0 fully saturated rings. The van der Waals surface area contributed by atoms with E-state index in [0.717, 1.165) is 5.69 Å². The van der Waals surface area contributed by atoms with Gasteiger partial charge >= 0.3 is 0 Å². The van der Waals surface area contributed by atoms with Gasteiger partial charge in [0.2, 0.25) is 0 Å². The zero-order valence-corrected chi connectivity index (χ0v) is 5.63. The maximum absolute atomic E-state index is 7.07. The van der Waals surface area contributed by atoms with Gasteiger partial charge in [0.25, 0.3) is 0 Å². The molecule has 0 unspecified atom stereocenters. The van der Waals surface area contributed by atoms with Gasteiger partial charge in [-0.1, -0.05) is 0 Å². The molecule has 0 atom stereocenters. The van der Waals surface area contributed by atoms with Gasteiger partial charge < -0.3 is 5.32 Å². The van der Waals surface area contributed by atoms with Crippen LogP contribution in [0.4, 0.5) is 5.69 Å². The van der Waals surface area contributed by atoms with Crippen LogP contribution in [0.15, 0.2) is 18.7 Å². The van der Waals surface area contributed by atoms with Crippen molar-refractivity contribution in [2.24, 2.45) is 0 Å². The lowest BCUT2D eigenvalue weighted by Gasteiger charge is -1.99. The lowest BCUT2D eigenvalue weighted by Crippen LogP contribution is -2.04. The van der Waals surface area contributed by atoms with Crippen molar-refractivity contribution in [3.63, 3.8) is 0 Å². The van der Waals surface area contributed by atoms with Crippen LogP contribution in [0.25, 0.3) is 0 Å². The Morgan fingerprint density at radius 3 is 2.60 bits per heavy atom. The van der Waals surface area contributed by atoms with E-state index >= 15 is 0 Å². The Hall–Kier alpha value is -1.45. The fraction of sp³-hybridized carbons (Fsp3) is 0.167. The predicted molar refractivity (Wildman–Crippen MR) is 39.1 cm³/mol. The summed E-state index contributed by atoms with van der Waals surface area (Å²) < 4.78 is 0. The van der Waals surface area contributed by atoms with Crippen LogP contribution in [0, 0.1) is 5.41 Å². The van der Waals surface area contributed by atoms with Gasteiger partial charge in [0, 0.05) is 0 Å². The van der Waals surface area contributed by atoms with Gasteiger partial charge in [0.1, 0.15) is 6.33 Å². The molecule has 2 N–H and O–H groups in total. The number of hydrogen-bond acceptors (Lipinski definition) is 3. The molecule has 0 aromatic carbocycles. The highest BCUT2D eigenvalue weighted by atomic mass is 15.0. The molecule has 0 spiro atoms. The number of nitrogens with zero attached hydrogens (tertiary/aromatic N) is 2. The fourth-order valence-electron chi connectivity index (χ4n) is 0.580. The molecule has 4 heteroatoms. The quantitative estimate of drug-likeness (QED) is 0.445. The van der Waals surface area contributed by atoms with E-state index in [1.165, 1.54) is 6.33 Å². The van der Waals surface area contributed by atoms with Crippen LogP contribution in [0.1, 0.15) is 6.92 Å². The molecule has 52 valence electrons. The van der Waals surface area contributed by atoms with Crippen LogP contribution in [-0.2, 0) is 0 Å². The highest BCUT2D eigenvalue weighted by molar-refractivity contribution is 5.90. The Labute approximate surface area is 58.8 Å². The molecule has 0 aliphatic heterocycles. The molecule has 1 aromatic heterocycles.